The van der Waals surface area contributed by atoms with E-state index in [0.717, 1.165) is 31.5 Å². The minimum Gasteiger partial charge on any atom is -0.487 e. The molecule has 1 saturated heterocycles. The fraction of sp³-hybridized carbons (Fsp3) is 0.364. The average Bonchev–Trinajstić information content (AvgIpc) is 3.28. The van der Waals surface area contributed by atoms with E-state index >= 15 is 0 Å². The van der Waals surface area contributed by atoms with Crippen LogP contribution in [0, 0.1) is 0 Å². The smallest absolute Gasteiger partial charge is 0.335 e. The standard InChI is InChI=1S/C22H23NO5/c1-22(2)13-17-18(11-15(21(25)26)12-19(17)28-22)27-16-7-5-14(6-8-16)20(24)23-9-3-4-10-23/h5-8,11-12H,3-4,9-10,13H2,1-2H3,(H,25,26). The Labute approximate surface area is 163 Å². The van der Waals surface area contributed by atoms with Crippen molar-refractivity contribution in [1.82, 2.24) is 4.90 Å². The zero-order chi connectivity index (χ0) is 19.9. The molecule has 0 aromatic heterocycles. The number of nitrogens with zero attached hydrogens (tertiary/aromatic N) is 1. The third-order valence-electron chi connectivity index (χ3n) is 5.13. The SMILES string of the molecule is CC1(C)Cc2c(Oc3ccc(C(=O)N4CCCC4)cc3)cc(C(=O)O)cc2O1. The van der Waals surface area contributed by atoms with Crippen molar-refractivity contribution in [3.05, 3.63) is 53.1 Å². The quantitative estimate of drug-likeness (QED) is 0.862. The molecule has 0 spiro atoms. The molecule has 4 rings (SSSR count). The number of carboxylic acid groups (broad SMARTS) is 1. The molecule has 6 nitrogen and oxygen atoms in total. The maximum Gasteiger partial charge on any atom is 0.335 e. The topological polar surface area (TPSA) is 76.1 Å². The van der Waals surface area contributed by atoms with E-state index in [-0.39, 0.29) is 11.5 Å². The van der Waals surface area contributed by atoms with Crippen molar-refractivity contribution < 1.29 is 24.2 Å². The monoisotopic (exact) mass is 381 g/mol. The van der Waals surface area contributed by atoms with E-state index in [2.05, 4.69) is 0 Å². The van der Waals surface area contributed by atoms with Crippen LogP contribution in [-0.2, 0) is 6.42 Å². The Hall–Kier alpha value is -3.02. The van der Waals surface area contributed by atoms with E-state index in [1.54, 1.807) is 24.3 Å². The number of carbonyl (C=O) groups is 2. The number of carbonyl (C=O) groups excluding carboxylic acids is 1. The van der Waals surface area contributed by atoms with Gasteiger partial charge in [0.15, 0.2) is 0 Å². The number of ether oxygens (including phenoxy) is 2. The Kier molecular flexibility index (Phi) is 4.49. The van der Waals surface area contributed by atoms with Gasteiger partial charge in [-0.2, -0.15) is 0 Å². The Balaban J connectivity index is 1.59. The lowest BCUT2D eigenvalue weighted by Gasteiger charge is -2.16. The van der Waals surface area contributed by atoms with Crippen molar-refractivity contribution >= 4 is 11.9 Å². The van der Waals surface area contributed by atoms with Crippen molar-refractivity contribution in [1.29, 1.82) is 0 Å². The van der Waals surface area contributed by atoms with Gasteiger partial charge in [0.05, 0.1) is 5.56 Å². The zero-order valence-electron chi connectivity index (χ0n) is 16.0. The maximum absolute atomic E-state index is 12.5. The maximum atomic E-state index is 12.5. The van der Waals surface area contributed by atoms with Gasteiger partial charge in [-0.3, -0.25) is 4.79 Å². The van der Waals surface area contributed by atoms with Gasteiger partial charge in [0.25, 0.3) is 5.91 Å². The lowest BCUT2D eigenvalue weighted by molar-refractivity contribution is 0.0694. The largest absolute Gasteiger partial charge is 0.487 e. The summed E-state index contributed by atoms with van der Waals surface area (Å²) in [5.74, 6) is 0.563. The van der Waals surface area contributed by atoms with Gasteiger partial charge in [0, 0.05) is 30.6 Å². The average molecular weight is 381 g/mol. The third kappa shape index (κ3) is 3.54. The van der Waals surface area contributed by atoms with Gasteiger partial charge < -0.3 is 19.5 Å². The zero-order valence-corrected chi connectivity index (χ0v) is 16.0. The molecule has 2 heterocycles. The molecule has 2 aliphatic heterocycles. The van der Waals surface area contributed by atoms with Crippen molar-refractivity contribution in [3.63, 3.8) is 0 Å². The third-order valence-corrected chi connectivity index (χ3v) is 5.13. The molecule has 2 aromatic carbocycles. The van der Waals surface area contributed by atoms with Gasteiger partial charge in [-0.15, -0.1) is 0 Å². The molecule has 2 aromatic rings. The van der Waals surface area contributed by atoms with Gasteiger partial charge in [-0.25, -0.2) is 4.79 Å². The number of aromatic carboxylic acids is 1. The first kappa shape index (κ1) is 18.3. The molecule has 1 fully saturated rings. The second-order valence-corrected chi connectivity index (χ2v) is 7.92. The highest BCUT2D eigenvalue weighted by atomic mass is 16.5. The summed E-state index contributed by atoms with van der Waals surface area (Å²) in [6.45, 7) is 5.52. The Bertz CT molecular complexity index is 927. The fourth-order valence-electron chi connectivity index (χ4n) is 3.75. The molecule has 2 aliphatic rings. The van der Waals surface area contributed by atoms with Gasteiger partial charge in [-0.1, -0.05) is 0 Å². The highest BCUT2D eigenvalue weighted by Crippen LogP contribution is 2.42. The molecule has 28 heavy (non-hydrogen) atoms. The van der Waals surface area contributed by atoms with Crippen LogP contribution in [0.15, 0.2) is 36.4 Å². The lowest BCUT2D eigenvalue weighted by Crippen LogP contribution is -2.27. The molecular weight excluding hydrogens is 358 g/mol. The summed E-state index contributed by atoms with van der Waals surface area (Å²) < 4.78 is 11.9. The molecule has 0 radical (unpaired) electrons. The van der Waals surface area contributed by atoms with Gasteiger partial charge in [0.2, 0.25) is 0 Å². The van der Waals surface area contributed by atoms with Gasteiger partial charge in [0.1, 0.15) is 22.8 Å². The molecule has 1 N–H and O–H groups in total. The highest BCUT2D eigenvalue weighted by molar-refractivity contribution is 5.94. The van der Waals surface area contributed by atoms with E-state index < -0.39 is 11.6 Å². The van der Waals surface area contributed by atoms with Crippen LogP contribution in [0.25, 0.3) is 0 Å². The van der Waals surface area contributed by atoms with Crippen LogP contribution in [0.4, 0.5) is 0 Å². The fourth-order valence-corrected chi connectivity index (χ4v) is 3.75. The summed E-state index contributed by atoms with van der Waals surface area (Å²) in [7, 11) is 0. The van der Waals surface area contributed by atoms with Crippen molar-refractivity contribution in [2.75, 3.05) is 13.1 Å². The predicted octanol–water partition coefficient (Wildman–Crippen LogP) is 4.13. The number of hydrogen-bond donors (Lipinski definition) is 1. The predicted molar refractivity (Wildman–Crippen MR) is 103 cm³/mol. The summed E-state index contributed by atoms with van der Waals surface area (Å²) in [4.78, 5) is 25.8. The molecular formula is C22H23NO5. The normalized spacial score (nSPS) is 17.1. The highest BCUT2D eigenvalue weighted by Gasteiger charge is 2.34. The molecule has 0 bridgehead atoms. The minimum absolute atomic E-state index is 0.0352. The van der Waals surface area contributed by atoms with E-state index in [0.29, 0.717) is 29.2 Å². The van der Waals surface area contributed by atoms with E-state index in [1.807, 2.05) is 18.7 Å². The summed E-state index contributed by atoms with van der Waals surface area (Å²) >= 11 is 0. The summed E-state index contributed by atoms with van der Waals surface area (Å²) in [6, 6.07) is 10.0. The second-order valence-electron chi connectivity index (χ2n) is 7.92. The van der Waals surface area contributed by atoms with Crippen molar-refractivity contribution in [2.24, 2.45) is 0 Å². The van der Waals surface area contributed by atoms with Crippen LogP contribution in [0.1, 0.15) is 53.0 Å². The molecule has 146 valence electrons. The number of hydrogen-bond acceptors (Lipinski definition) is 4. The number of fused-ring (bicyclic) bond motifs is 1. The van der Waals surface area contributed by atoms with E-state index in [1.165, 1.54) is 12.1 Å². The first-order valence-corrected chi connectivity index (χ1v) is 9.49. The molecule has 1 amide bonds. The van der Waals surface area contributed by atoms with Crippen LogP contribution in [0.3, 0.4) is 0 Å². The Morgan fingerprint density at radius 1 is 1.07 bits per heavy atom. The van der Waals surface area contributed by atoms with Crippen molar-refractivity contribution in [3.8, 4) is 17.2 Å². The summed E-state index contributed by atoms with van der Waals surface area (Å²) in [6.07, 6.45) is 2.73. The number of likely N-dealkylation sites (tertiary alicyclic amines) is 1. The van der Waals surface area contributed by atoms with Crippen LogP contribution < -0.4 is 9.47 Å². The van der Waals surface area contributed by atoms with Crippen LogP contribution in [0.2, 0.25) is 0 Å². The number of benzene rings is 2. The Morgan fingerprint density at radius 2 is 1.75 bits per heavy atom. The van der Waals surface area contributed by atoms with Crippen LogP contribution >= 0.6 is 0 Å². The van der Waals surface area contributed by atoms with Crippen molar-refractivity contribution in [2.45, 2.75) is 38.7 Å². The van der Waals surface area contributed by atoms with E-state index in [4.69, 9.17) is 9.47 Å². The minimum atomic E-state index is -1.03. The van der Waals surface area contributed by atoms with Crippen LogP contribution in [-0.4, -0.2) is 40.6 Å². The number of carboxylic acids is 1. The molecule has 0 atom stereocenters. The number of rotatable bonds is 4. The summed E-state index contributed by atoms with van der Waals surface area (Å²) in [5.41, 5.74) is 1.19. The summed E-state index contributed by atoms with van der Waals surface area (Å²) in [5, 5.41) is 9.38. The molecule has 6 heteroatoms. The first-order chi connectivity index (χ1) is 13.3. The lowest BCUT2D eigenvalue weighted by atomic mass is 10.00. The van der Waals surface area contributed by atoms with Gasteiger partial charge in [-0.05, 0) is 63.1 Å². The molecule has 0 unspecified atom stereocenters. The molecule has 0 saturated carbocycles. The first-order valence-electron chi connectivity index (χ1n) is 9.49. The Morgan fingerprint density at radius 3 is 2.39 bits per heavy atom. The molecule has 0 aliphatic carbocycles. The van der Waals surface area contributed by atoms with Crippen LogP contribution in [0.5, 0.6) is 17.2 Å². The van der Waals surface area contributed by atoms with E-state index in [9.17, 15) is 14.7 Å². The van der Waals surface area contributed by atoms with Gasteiger partial charge >= 0.3 is 5.97 Å². The number of amides is 1. The second kappa shape index (κ2) is 6.86.